The van der Waals surface area contributed by atoms with Crippen molar-refractivity contribution in [2.75, 3.05) is 11.9 Å². The molecule has 130 valence electrons. The number of benzene rings is 1. The Labute approximate surface area is 150 Å². The first-order valence-corrected chi connectivity index (χ1v) is 8.02. The van der Waals surface area contributed by atoms with Crippen LogP contribution >= 0.6 is 11.6 Å². The van der Waals surface area contributed by atoms with Crippen LogP contribution in [0.4, 0.5) is 5.88 Å². The van der Waals surface area contributed by atoms with Crippen LogP contribution in [-0.2, 0) is 4.79 Å². The van der Waals surface area contributed by atoms with E-state index in [0.717, 1.165) is 0 Å². The SMILES string of the molecule is CC(=O)c1c(C)oc(NC(=O)CCCOc2ccc(Cl)cc2)c1C#N. The number of nitrogens with one attached hydrogen (secondary N) is 1. The zero-order chi connectivity index (χ0) is 18.4. The highest BCUT2D eigenvalue weighted by Gasteiger charge is 2.22. The molecule has 2 aromatic rings. The van der Waals surface area contributed by atoms with E-state index in [9.17, 15) is 14.9 Å². The number of ketones is 1. The molecule has 0 atom stereocenters. The van der Waals surface area contributed by atoms with E-state index in [1.807, 2.05) is 6.07 Å². The van der Waals surface area contributed by atoms with Crippen molar-refractivity contribution in [2.45, 2.75) is 26.7 Å². The molecule has 1 heterocycles. The van der Waals surface area contributed by atoms with Crippen LogP contribution < -0.4 is 10.1 Å². The molecule has 0 aliphatic rings. The molecule has 0 saturated carbocycles. The molecule has 0 bridgehead atoms. The molecule has 0 radical (unpaired) electrons. The number of hydrogen-bond acceptors (Lipinski definition) is 5. The summed E-state index contributed by atoms with van der Waals surface area (Å²) in [5.41, 5.74) is 0.250. The molecule has 0 fully saturated rings. The number of aryl methyl sites for hydroxylation is 1. The molecule has 7 heteroatoms. The maximum absolute atomic E-state index is 12.0. The van der Waals surface area contributed by atoms with E-state index in [1.54, 1.807) is 31.2 Å². The van der Waals surface area contributed by atoms with Gasteiger partial charge in [-0.1, -0.05) is 11.6 Å². The Morgan fingerprint density at radius 2 is 2.00 bits per heavy atom. The fourth-order valence-electron chi connectivity index (χ4n) is 2.31. The normalized spacial score (nSPS) is 10.2. The van der Waals surface area contributed by atoms with Crippen LogP contribution in [0, 0.1) is 18.3 Å². The number of furan rings is 1. The van der Waals surface area contributed by atoms with Gasteiger partial charge in [-0.25, -0.2) is 0 Å². The van der Waals surface area contributed by atoms with Crippen molar-refractivity contribution in [3.63, 3.8) is 0 Å². The third-order valence-electron chi connectivity index (χ3n) is 3.43. The number of halogens is 1. The quantitative estimate of drug-likeness (QED) is 0.592. The van der Waals surface area contributed by atoms with E-state index in [0.29, 0.717) is 29.6 Å². The molecule has 0 spiro atoms. The van der Waals surface area contributed by atoms with Gasteiger partial charge in [-0.15, -0.1) is 0 Å². The Morgan fingerprint density at radius 1 is 1.32 bits per heavy atom. The van der Waals surface area contributed by atoms with E-state index in [-0.39, 0.29) is 35.1 Å². The highest BCUT2D eigenvalue weighted by atomic mass is 35.5. The van der Waals surface area contributed by atoms with Crippen molar-refractivity contribution < 1.29 is 18.7 Å². The molecule has 1 aromatic carbocycles. The molecule has 0 unspecified atom stereocenters. The Hall–Kier alpha value is -2.78. The van der Waals surface area contributed by atoms with E-state index in [2.05, 4.69) is 5.32 Å². The van der Waals surface area contributed by atoms with Crippen molar-refractivity contribution in [3.8, 4) is 11.8 Å². The summed E-state index contributed by atoms with van der Waals surface area (Å²) in [6, 6.07) is 8.84. The van der Waals surface area contributed by atoms with Gasteiger partial charge in [0, 0.05) is 11.4 Å². The van der Waals surface area contributed by atoms with Gasteiger partial charge in [-0.2, -0.15) is 5.26 Å². The standard InChI is InChI=1S/C18H17ClN2O4/c1-11(22)17-12(2)25-18(15(17)10-20)21-16(23)4-3-9-24-14-7-5-13(19)6-8-14/h5-8H,3-4,9H2,1-2H3,(H,21,23). The Kier molecular flexibility index (Phi) is 6.20. The number of amides is 1. The fraction of sp³-hybridized carbons (Fsp3) is 0.278. The molecule has 1 N–H and O–H groups in total. The van der Waals surface area contributed by atoms with Gasteiger partial charge in [0.05, 0.1) is 12.2 Å². The van der Waals surface area contributed by atoms with Gasteiger partial charge in [0.15, 0.2) is 5.78 Å². The second-order valence-electron chi connectivity index (χ2n) is 5.36. The lowest BCUT2D eigenvalue weighted by Crippen LogP contribution is -2.13. The lowest BCUT2D eigenvalue weighted by molar-refractivity contribution is -0.116. The number of nitriles is 1. The largest absolute Gasteiger partial charge is 0.494 e. The number of anilines is 1. The van der Waals surface area contributed by atoms with E-state index >= 15 is 0 Å². The van der Waals surface area contributed by atoms with Gasteiger partial charge in [-0.05, 0) is 44.5 Å². The van der Waals surface area contributed by atoms with Gasteiger partial charge in [0.1, 0.15) is 23.1 Å². The van der Waals surface area contributed by atoms with Gasteiger partial charge in [-0.3, -0.25) is 14.9 Å². The summed E-state index contributed by atoms with van der Waals surface area (Å²) in [4.78, 5) is 23.6. The molecular formula is C18H17ClN2O4. The Bertz CT molecular complexity index is 819. The molecule has 2 rings (SSSR count). The zero-order valence-corrected chi connectivity index (χ0v) is 14.6. The average Bonchev–Trinajstić information content (AvgIpc) is 2.88. The van der Waals surface area contributed by atoms with E-state index < -0.39 is 0 Å². The molecule has 0 aliphatic carbocycles. The monoisotopic (exact) mass is 360 g/mol. The third kappa shape index (κ3) is 4.85. The fourth-order valence-corrected chi connectivity index (χ4v) is 2.43. The molecule has 1 aromatic heterocycles. The van der Waals surface area contributed by atoms with Crippen LogP contribution in [0.1, 0.15) is 41.4 Å². The highest BCUT2D eigenvalue weighted by molar-refractivity contribution is 6.30. The van der Waals surface area contributed by atoms with Crippen LogP contribution in [0.15, 0.2) is 28.7 Å². The first-order chi connectivity index (χ1) is 11.9. The maximum atomic E-state index is 12.0. The number of ether oxygens (including phenoxy) is 1. The highest BCUT2D eigenvalue weighted by Crippen LogP contribution is 2.27. The summed E-state index contributed by atoms with van der Waals surface area (Å²) >= 11 is 5.79. The average molecular weight is 361 g/mol. The predicted octanol–water partition coefficient (Wildman–Crippen LogP) is 4.11. The lowest BCUT2D eigenvalue weighted by Gasteiger charge is -2.06. The number of carbonyl (C=O) groups excluding carboxylic acids is 2. The molecule has 0 aliphatic heterocycles. The number of hydrogen-bond donors (Lipinski definition) is 1. The van der Waals surface area contributed by atoms with Gasteiger partial charge in [0.2, 0.25) is 11.8 Å². The molecular weight excluding hydrogens is 344 g/mol. The van der Waals surface area contributed by atoms with Crippen molar-refractivity contribution in [1.82, 2.24) is 0 Å². The van der Waals surface area contributed by atoms with Crippen LogP contribution in [0.25, 0.3) is 0 Å². The number of rotatable bonds is 7. The van der Waals surface area contributed by atoms with Crippen molar-refractivity contribution in [1.29, 1.82) is 5.26 Å². The molecule has 0 saturated heterocycles. The first-order valence-electron chi connectivity index (χ1n) is 7.65. The number of nitrogens with zero attached hydrogens (tertiary/aromatic N) is 1. The first kappa shape index (κ1) is 18.6. The van der Waals surface area contributed by atoms with Gasteiger partial charge < -0.3 is 9.15 Å². The summed E-state index contributed by atoms with van der Waals surface area (Å²) in [5.74, 6) is 0.387. The summed E-state index contributed by atoms with van der Waals surface area (Å²) in [5, 5.41) is 12.3. The smallest absolute Gasteiger partial charge is 0.226 e. The van der Waals surface area contributed by atoms with Crippen molar-refractivity contribution in [2.24, 2.45) is 0 Å². The Balaban J connectivity index is 1.86. The van der Waals surface area contributed by atoms with Crippen molar-refractivity contribution >= 4 is 29.2 Å². The zero-order valence-electron chi connectivity index (χ0n) is 13.9. The van der Waals surface area contributed by atoms with Crippen LogP contribution in [0.5, 0.6) is 5.75 Å². The topological polar surface area (TPSA) is 92.3 Å². The summed E-state index contributed by atoms with van der Waals surface area (Å²) in [7, 11) is 0. The molecule has 25 heavy (non-hydrogen) atoms. The maximum Gasteiger partial charge on any atom is 0.226 e. The third-order valence-corrected chi connectivity index (χ3v) is 3.68. The van der Waals surface area contributed by atoms with Gasteiger partial charge >= 0.3 is 0 Å². The van der Waals surface area contributed by atoms with Crippen LogP contribution in [0.3, 0.4) is 0 Å². The van der Waals surface area contributed by atoms with E-state index in [1.165, 1.54) is 6.92 Å². The Morgan fingerprint density at radius 3 is 2.60 bits per heavy atom. The minimum Gasteiger partial charge on any atom is -0.494 e. The van der Waals surface area contributed by atoms with Crippen molar-refractivity contribution in [3.05, 3.63) is 46.2 Å². The second-order valence-corrected chi connectivity index (χ2v) is 5.80. The van der Waals surface area contributed by atoms with Crippen LogP contribution in [-0.4, -0.2) is 18.3 Å². The number of carbonyl (C=O) groups is 2. The lowest BCUT2D eigenvalue weighted by atomic mass is 10.1. The molecule has 6 nitrogen and oxygen atoms in total. The minimum atomic E-state index is -0.319. The summed E-state index contributed by atoms with van der Waals surface area (Å²) < 4.78 is 10.8. The van der Waals surface area contributed by atoms with E-state index in [4.69, 9.17) is 20.8 Å². The van der Waals surface area contributed by atoms with Gasteiger partial charge in [0.25, 0.3) is 0 Å². The minimum absolute atomic E-state index is 0.00817. The number of Topliss-reactive ketones (excluding diaryl/α,β-unsaturated/α-hetero) is 1. The predicted molar refractivity (Wildman–Crippen MR) is 93.0 cm³/mol. The molecule has 1 amide bonds. The van der Waals surface area contributed by atoms with Crippen LogP contribution in [0.2, 0.25) is 5.02 Å². The summed E-state index contributed by atoms with van der Waals surface area (Å²) in [6.45, 7) is 3.28. The second kappa shape index (κ2) is 8.36. The summed E-state index contributed by atoms with van der Waals surface area (Å²) in [6.07, 6.45) is 0.670.